The molecular weight excluding hydrogens is 280 g/mol. The molecule has 1 heterocycles. The van der Waals surface area contributed by atoms with E-state index in [1.807, 2.05) is 52.0 Å². The molecule has 3 rings (SSSR count). The molecule has 0 bridgehead atoms. The summed E-state index contributed by atoms with van der Waals surface area (Å²) in [6.07, 6.45) is 1.67. The molecule has 0 saturated carbocycles. The lowest BCUT2D eigenvalue weighted by Gasteiger charge is -2.03. The second-order valence-corrected chi connectivity index (χ2v) is 4.11. The lowest BCUT2D eigenvalue weighted by Crippen LogP contribution is -1.86. The Labute approximate surface area is 131 Å². The van der Waals surface area contributed by atoms with Crippen LogP contribution in [0.25, 0.3) is 22.0 Å². The number of rotatable bonds is 1. The molecule has 0 aliphatic rings. The minimum Gasteiger partial charge on any atom is -0.226 e. The zero-order valence-corrected chi connectivity index (χ0v) is 13.7. The van der Waals surface area contributed by atoms with Gasteiger partial charge in [-0.1, -0.05) is 64.1 Å². The summed E-state index contributed by atoms with van der Waals surface area (Å²) in [6.45, 7) is 8.00. The largest absolute Gasteiger partial charge is 0.226 e. The number of nitrogens with zero attached hydrogens (tertiary/aromatic N) is 2. The van der Waals surface area contributed by atoms with Crippen molar-refractivity contribution < 1.29 is 0 Å². The molecule has 0 unspecified atom stereocenters. The van der Waals surface area contributed by atoms with Crippen molar-refractivity contribution in [1.82, 2.24) is 9.97 Å². The zero-order valence-electron chi connectivity index (χ0n) is 13.0. The van der Waals surface area contributed by atoms with Crippen LogP contribution in [0.15, 0.2) is 54.7 Å². The maximum Gasteiger partial charge on any atom is 0.222 e. The van der Waals surface area contributed by atoms with Crippen LogP contribution in [0.5, 0.6) is 0 Å². The normalized spacial score (nSPS) is 9.19. The van der Waals surface area contributed by atoms with E-state index in [-0.39, 0.29) is 5.28 Å². The van der Waals surface area contributed by atoms with Gasteiger partial charge in [-0.3, -0.25) is 0 Å². The van der Waals surface area contributed by atoms with Gasteiger partial charge in [-0.2, -0.15) is 0 Å². The number of fused-ring (bicyclic) bond motifs is 1. The molecule has 0 aliphatic heterocycles. The van der Waals surface area contributed by atoms with Crippen LogP contribution in [-0.4, -0.2) is 9.97 Å². The lowest BCUT2D eigenvalue weighted by molar-refractivity contribution is 1.17. The van der Waals surface area contributed by atoms with Gasteiger partial charge in [0, 0.05) is 11.8 Å². The Morgan fingerprint density at radius 3 is 2.14 bits per heavy atom. The molecule has 2 aromatic carbocycles. The summed E-state index contributed by atoms with van der Waals surface area (Å²) >= 11 is 5.79. The molecule has 0 aliphatic carbocycles. The Morgan fingerprint density at radius 2 is 1.48 bits per heavy atom. The molecule has 3 aromatic rings. The van der Waals surface area contributed by atoms with Crippen LogP contribution < -0.4 is 0 Å². The van der Waals surface area contributed by atoms with Crippen molar-refractivity contribution in [2.45, 2.75) is 27.7 Å². The molecule has 0 amide bonds. The van der Waals surface area contributed by atoms with Crippen molar-refractivity contribution in [2.24, 2.45) is 0 Å². The van der Waals surface area contributed by atoms with Crippen molar-refractivity contribution in [3.05, 3.63) is 60.0 Å². The first-order valence-corrected chi connectivity index (χ1v) is 7.68. The van der Waals surface area contributed by atoms with Gasteiger partial charge in [0.2, 0.25) is 5.28 Å². The standard InChI is InChI=1S/C14H9ClN2.2C2H6/c15-14-16-8-7-13(17-14)12-6-5-10-3-1-2-4-11(10)9-12;2*1-2/h1-9H;2*1-2H3. The van der Waals surface area contributed by atoms with Gasteiger partial charge in [-0.05, 0) is 34.5 Å². The molecule has 110 valence electrons. The topological polar surface area (TPSA) is 25.8 Å². The number of aromatic nitrogens is 2. The minimum absolute atomic E-state index is 0.274. The minimum atomic E-state index is 0.274. The Kier molecular flexibility index (Phi) is 7.41. The molecular formula is C18H21ClN2. The summed E-state index contributed by atoms with van der Waals surface area (Å²) in [6, 6.07) is 16.3. The average Bonchev–Trinajstić information content (AvgIpc) is 2.58. The first-order valence-electron chi connectivity index (χ1n) is 7.31. The predicted octanol–water partition coefficient (Wildman–Crippen LogP) is 6.00. The summed E-state index contributed by atoms with van der Waals surface area (Å²) in [5.41, 5.74) is 1.89. The van der Waals surface area contributed by atoms with E-state index < -0.39 is 0 Å². The second kappa shape index (κ2) is 9.09. The third-order valence-electron chi connectivity index (χ3n) is 2.67. The fourth-order valence-electron chi connectivity index (χ4n) is 1.84. The van der Waals surface area contributed by atoms with E-state index in [4.69, 9.17) is 11.6 Å². The maximum absolute atomic E-state index is 5.79. The Morgan fingerprint density at radius 1 is 0.810 bits per heavy atom. The Bertz CT molecular complexity index is 681. The highest BCUT2D eigenvalue weighted by atomic mass is 35.5. The van der Waals surface area contributed by atoms with Crippen LogP contribution in [0.1, 0.15) is 27.7 Å². The highest BCUT2D eigenvalue weighted by molar-refractivity contribution is 6.28. The quantitative estimate of drug-likeness (QED) is 0.515. The number of benzene rings is 2. The molecule has 1 aromatic heterocycles. The average molecular weight is 301 g/mol. The third kappa shape index (κ3) is 4.54. The molecule has 0 saturated heterocycles. The van der Waals surface area contributed by atoms with Crippen LogP contribution in [0.2, 0.25) is 5.28 Å². The third-order valence-corrected chi connectivity index (χ3v) is 2.85. The van der Waals surface area contributed by atoms with Gasteiger partial charge < -0.3 is 0 Å². The monoisotopic (exact) mass is 300 g/mol. The fourth-order valence-corrected chi connectivity index (χ4v) is 1.99. The number of hydrogen-bond acceptors (Lipinski definition) is 2. The van der Waals surface area contributed by atoms with E-state index >= 15 is 0 Å². The van der Waals surface area contributed by atoms with E-state index in [9.17, 15) is 0 Å². The SMILES string of the molecule is CC.CC.Clc1nccc(-c2ccc3ccccc3c2)n1. The van der Waals surface area contributed by atoms with Crippen molar-refractivity contribution in [3.8, 4) is 11.3 Å². The van der Waals surface area contributed by atoms with Gasteiger partial charge in [-0.25, -0.2) is 9.97 Å². The van der Waals surface area contributed by atoms with E-state index in [0.29, 0.717) is 0 Å². The maximum atomic E-state index is 5.79. The van der Waals surface area contributed by atoms with Crippen LogP contribution in [0, 0.1) is 0 Å². The van der Waals surface area contributed by atoms with Crippen LogP contribution >= 0.6 is 11.6 Å². The first-order chi connectivity index (χ1) is 10.3. The van der Waals surface area contributed by atoms with E-state index in [1.54, 1.807) is 6.20 Å². The van der Waals surface area contributed by atoms with Crippen LogP contribution in [-0.2, 0) is 0 Å². The summed E-state index contributed by atoms with van der Waals surface area (Å²) in [4.78, 5) is 8.09. The van der Waals surface area contributed by atoms with Gasteiger partial charge in [0.05, 0.1) is 5.69 Å². The van der Waals surface area contributed by atoms with E-state index in [0.717, 1.165) is 11.3 Å². The first kappa shape index (κ1) is 17.1. The Balaban J connectivity index is 0.000000510. The summed E-state index contributed by atoms with van der Waals surface area (Å²) in [7, 11) is 0. The van der Waals surface area contributed by atoms with Crippen molar-refractivity contribution >= 4 is 22.4 Å². The van der Waals surface area contributed by atoms with Crippen LogP contribution in [0.4, 0.5) is 0 Å². The lowest BCUT2D eigenvalue weighted by atomic mass is 10.1. The van der Waals surface area contributed by atoms with Crippen molar-refractivity contribution in [1.29, 1.82) is 0 Å². The van der Waals surface area contributed by atoms with Gasteiger partial charge in [0.25, 0.3) is 0 Å². The molecule has 0 fully saturated rings. The summed E-state index contributed by atoms with van der Waals surface area (Å²) < 4.78 is 0. The zero-order chi connectivity index (χ0) is 15.7. The fraction of sp³-hybridized carbons (Fsp3) is 0.222. The van der Waals surface area contributed by atoms with Gasteiger partial charge in [-0.15, -0.1) is 0 Å². The van der Waals surface area contributed by atoms with Crippen molar-refractivity contribution in [3.63, 3.8) is 0 Å². The highest BCUT2D eigenvalue weighted by Gasteiger charge is 2.01. The van der Waals surface area contributed by atoms with Crippen LogP contribution in [0.3, 0.4) is 0 Å². The Hall–Kier alpha value is -1.93. The molecule has 0 spiro atoms. The van der Waals surface area contributed by atoms with Gasteiger partial charge in [0.1, 0.15) is 0 Å². The number of hydrogen-bond donors (Lipinski definition) is 0. The molecule has 0 atom stereocenters. The van der Waals surface area contributed by atoms with Crippen molar-refractivity contribution in [2.75, 3.05) is 0 Å². The summed E-state index contributed by atoms with van der Waals surface area (Å²) in [5, 5.41) is 2.69. The van der Waals surface area contributed by atoms with Gasteiger partial charge in [0.15, 0.2) is 0 Å². The predicted molar refractivity (Wildman–Crippen MR) is 92.7 cm³/mol. The number of halogens is 1. The molecule has 0 N–H and O–H groups in total. The molecule has 0 radical (unpaired) electrons. The smallest absolute Gasteiger partial charge is 0.222 e. The van der Waals surface area contributed by atoms with E-state index in [1.165, 1.54) is 10.8 Å². The van der Waals surface area contributed by atoms with E-state index in [2.05, 4.69) is 34.2 Å². The highest BCUT2D eigenvalue weighted by Crippen LogP contribution is 2.23. The molecule has 21 heavy (non-hydrogen) atoms. The molecule has 3 heteroatoms. The van der Waals surface area contributed by atoms with Gasteiger partial charge >= 0.3 is 0 Å². The summed E-state index contributed by atoms with van der Waals surface area (Å²) in [5.74, 6) is 0. The second-order valence-electron chi connectivity index (χ2n) is 3.77. The molecule has 2 nitrogen and oxygen atoms in total.